The molecule has 0 saturated heterocycles. The van der Waals surface area contributed by atoms with Crippen molar-refractivity contribution >= 4 is 17.0 Å². The molecule has 108 valence electrons. The van der Waals surface area contributed by atoms with E-state index < -0.39 is 0 Å². The number of benzene rings is 2. The molecule has 0 fully saturated rings. The number of para-hydroxylation sites is 1. The molecule has 1 unspecified atom stereocenters. The third kappa shape index (κ3) is 3.69. The van der Waals surface area contributed by atoms with Gasteiger partial charge in [-0.3, -0.25) is 4.99 Å². The predicted molar refractivity (Wildman–Crippen MR) is 93.2 cm³/mol. The predicted octanol–water partition coefficient (Wildman–Crippen LogP) is 5.89. The lowest BCUT2D eigenvalue weighted by molar-refractivity contribution is 0.740. The first kappa shape index (κ1) is 15.2. The fourth-order valence-electron chi connectivity index (χ4n) is 2.32. The van der Waals surface area contributed by atoms with Crippen molar-refractivity contribution in [2.75, 3.05) is 0 Å². The molecule has 0 aliphatic carbocycles. The molecule has 1 atom stereocenters. The molecule has 0 saturated carbocycles. The van der Waals surface area contributed by atoms with Crippen LogP contribution in [0.15, 0.2) is 66.2 Å². The fraction of sp³-hybridized carbons (Fsp3) is 0.250. The zero-order valence-corrected chi connectivity index (χ0v) is 13.1. The second-order valence-electron chi connectivity index (χ2n) is 5.47. The topological polar surface area (TPSA) is 12.4 Å². The monoisotopic (exact) mass is 277 g/mol. The highest BCUT2D eigenvalue weighted by atomic mass is 14.8. The first-order valence-electron chi connectivity index (χ1n) is 7.52. The minimum absolute atomic E-state index is 0.422. The van der Waals surface area contributed by atoms with Gasteiger partial charge < -0.3 is 0 Å². The first-order chi connectivity index (χ1) is 10.1. The summed E-state index contributed by atoms with van der Waals surface area (Å²) in [6, 6.07) is 18.7. The van der Waals surface area contributed by atoms with E-state index in [0.29, 0.717) is 5.92 Å². The molecule has 21 heavy (non-hydrogen) atoms. The second kappa shape index (κ2) is 7.03. The van der Waals surface area contributed by atoms with E-state index in [1.54, 1.807) is 0 Å². The molecular weight excluding hydrogens is 254 g/mol. The van der Waals surface area contributed by atoms with Crippen LogP contribution >= 0.6 is 0 Å². The average molecular weight is 277 g/mol. The molecule has 1 nitrogen and oxygen atoms in total. The van der Waals surface area contributed by atoms with Crippen molar-refractivity contribution in [2.24, 2.45) is 10.9 Å². The first-order valence-corrected chi connectivity index (χ1v) is 7.52. The second-order valence-corrected chi connectivity index (χ2v) is 5.47. The van der Waals surface area contributed by atoms with Crippen LogP contribution in [0.2, 0.25) is 0 Å². The van der Waals surface area contributed by atoms with Crippen molar-refractivity contribution in [2.45, 2.75) is 27.2 Å². The zero-order valence-electron chi connectivity index (χ0n) is 13.1. The van der Waals surface area contributed by atoms with E-state index >= 15 is 0 Å². The number of allylic oxidation sites excluding steroid dienone is 1. The molecule has 2 aromatic carbocycles. The van der Waals surface area contributed by atoms with Crippen LogP contribution in [0.25, 0.3) is 5.57 Å². The summed E-state index contributed by atoms with van der Waals surface area (Å²) in [5, 5.41) is 0. The largest absolute Gasteiger partial charge is 0.252 e. The van der Waals surface area contributed by atoms with Gasteiger partial charge >= 0.3 is 0 Å². The molecule has 0 bridgehead atoms. The molecule has 1 heteroatoms. The quantitative estimate of drug-likeness (QED) is 0.604. The summed E-state index contributed by atoms with van der Waals surface area (Å²) in [7, 11) is 0. The number of rotatable bonds is 5. The maximum atomic E-state index is 4.98. The van der Waals surface area contributed by atoms with Crippen molar-refractivity contribution in [3.8, 4) is 0 Å². The number of aliphatic imine (C=N–C) groups is 1. The molecule has 0 N–H and O–H groups in total. The molecule has 0 heterocycles. The molecule has 0 aliphatic heterocycles. The Kier molecular flexibility index (Phi) is 5.10. The van der Waals surface area contributed by atoms with Gasteiger partial charge in [0.1, 0.15) is 0 Å². The van der Waals surface area contributed by atoms with Crippen molar-refractivity contribution in [3.05, 3.63) is 72.3 Å². The maximum absolute atomic E-state index is 4.98. The van der Waals surface area contributed by atoms with Gasteiger partial charge in [-0.2, -0.15) is 0 Å². The Morgan fingerprint density at radius 2 is 1.67 bits per heavy atom. The number of nitrogens with zero attached hydrogens (tertiary/aromatic N) is 1. The van der Waals surface area contributed by atoms with Crippen molar-refractivity contribution in [1.29, 1.82) is 0 Å². The van der Waals surface area contributed by atoms with E-state index in [-0.39, 0.29) is 0 Å². The molecule has 0 radical (unpaired) electrons. The van der Waals surface area contributed by atoms with Crippen LogP contribution in [0, 0.1) is 5.92 Å². The maximum Gasteiger partial charge on any atom is 0.0708 e. The minimum Gasteiger partial charge on any atom is -0.252 e. The van der Waals surface area contributed by atoms with Crippen LogP contribution in [-0.2, 0) is 0 Å². The van der Waals surface area contributed by atoms with E-state index in [9.17, 15) is 0 Å². The van der Waals surface area contributed by atoms with Crippen LogP contribution < -0.4 is 0 Å². The van der Waals surface area contributed by atoms with Crippen LogP contribution in [0.5, 0.6) is 0 Å². The summed E-state index contributed by atoms with van der Waals surface area (Å²) in [6.07, 6.45) is 1.07. The van der Waals surface area contributed by atoms with E-state index in [4.69, 9.17) is 4.99 Å². The van der Waals surface area contributed by atoms with Crippen molar-refractivity contribution < 1.29 is 0 Å². The number of hydrogen-bond acceptors (Lipinski definition) is 1. The van der Waals surface area contributed by atoms with Crippen LogP contribution in [-0.4, -0.2) is 5.71 Å². The molecule has 0 spiro atoms. The molecule has 2 rings (SSSR count). The molecule has 0 aromatic heterocycles. The highest BCUT2D eigenvalue weighted by Gasteiger charge is 2.12. The highest BCUT2D eigenvalue weighted by Crippen LogP contribution is 2.27. The Hall–Kier alpha value is -2.15. The Morgan fingerprint density at radius 3 is 2.29 bits per heavy atom. The lowest BCUT2D eigenvalue weighted by Crippen LogP contribution is -2.11. The standard InChI is InChI=1S/C20H23N/c1-5-16(4)20(17-11-7-6-8-12-17)21-19-14-10-9-13-18(19)15(2)3/h6-14,16H,2,5H2,1,3-4H3. The molecule has 0 amide bonds. The van der Waals surface area contributed by atoms with Gasteiger partial charge in [0.25, 0.3) is 0 Å². The summed E-state index contributed by atoms with van der Waals surface area (Å²) in [5.41, 5.74) is 5.51. The number of hydrogen-bond donors (Lipinski definition) is 0. The minimum atomic E-state index is 0.422. The molecule has 2 aromatic rings. The third-order valence-electron chi connectivity index (χ3n) is 3.75. The van der Waals surface area contributed by atoms with Crippen molar-refractivity contribution in [1.82, 2.24) is 0 Å². The normalized spacial score (nSPS) is 13.0. The van der Waals surface area contributed by atoms with Crippen LogP contribution in [0.1, 0.15) is 38.3 Å². The molecule has 0 aliphatic rings. The zero-order chi connectivity index (χ0) is 15.2. The average Bonchev–Trinajstić information content (AvgIpc) is 2.53. The lowest BCUT2D eigenvalue weighted by atomic mass is 9.95. The SMILES string of the molecule is C=C(C)c1ccccc1N=C(c1ccccc1)C(C)CC. The van der Waals surface area contributed by atoms with Crippen molar-refractivity contribution in [3.63, 3.8) is 0 Å². The summed E-state index contributed by atoms with van der Waals surface area (Å²) in [5.74, 6) is 0.422. The van der Waals surface area contributed by atoms with Gasteiger partial charge in [0.15, 0.2) is 0 Å². The smallest absolute Gasteiger partial charge is 0.0708 e. The summed E-state index contributed by atoms with van der Waals surface area (Å²) in [6.45, 7) is 10.5. The van der Waals surface area contributed by atoms with Gasteiger partial charge in [-0.25, -0.2) is 0 Å². The Bertz CT molecular complexity index is 638. The summed E-state index contributed by atoms with van der Waals surface area (Å²) >= 11 is 0. The van der Waals surface area contributed by atoms with Gasteiger partial charge in [-0.1, -0.05) is 69.0 Å². The van der Waals surface area contributed by atoms with Gasteiger partial charge in [-0.05, 0) is 36.5 Å². The van der Waals surface area contributed by atoms with E-state index in [1.165, 1.54) is 5.56 Å². The third-order valence-corrected chi connectivity index (χ3v) is 3.75. The summed E-state index contributed by atoms with van der Waals surface area (Å²) < 4.78 is 0. The highest BCUT2D eigenvalue weighted by molar-refractivity contribution is 6.03. The van der Waals surface area contributed by atoms with Gasteiger partial charge in [-0.15, -0.1) is 0 Å². The van der Waals surface area contributed by atoms with Gasteiger partial charge in [0, 0.05) is 5.56 Å². The fourth-order valence-corrected chi connectivity index (χ4v) is 2.32. The van der Waals surface area contributed by atoms with E-state index in [2.05, 4.69) is 56.8 Å². The van der Waals surface area contributed by atoms with E-state index in [1.807, 2.05) is 25.1 Å². The van der Waals surface area contributed by atoms with Crippen LogP contribution in [0.4, 0.5) is 5.69 Å². The van der Waals surface area contributed by atoms with Gasteiger partial charge in [0.2, 0.25) is 0 Å². The Balaban J connectivity index is 2.54. The van der Waals surface area contributed by atoms with Gasteiger partial charge in [0.05, 0.1) is 11.4 Å². The summed E-state index contributed by atoms with van der Waals surface area (Å²) in [4.78, 5) is 4.98. The van der Waals surface area contributed by atoms with E-state index in [0.717, 1.165) is 29.0 Å². The Morgan fingerprint density at radius 1 is 1.05 bits per heavy atom. The lowest BCUT2D eigenvalue weighted by Gasteiger charge is -2.15. The molecular formula is C20H23N. The Labute approximate surface area is 128 Å². The van der Waals surface area contributed by atoms with Crippen LogP contribution in [0.3, 0.4) is 0 Å².